The molecule has 0 aliphatic carbocycles. The quantitative estimate of drug-likeness (QED) is 0.502. The van der Waals surface area contributed by atoms with E-state index in [0.29, 0.717) is 6.61 Å². The van der Waals surface area contributed by atoms with Gasteiger partial charge in [0.05, 0.1) is 15.9 Å². The van der Waals surface area contributed by atoms with Gasteiger partial charge in [-0.05, 0) is 36.4 Å². The predicted octanol–water partition coefficient (Wildman–Crippen LogP) is 4.58. The lowest BCUT2D eigenvalue weighted by molar-refractivity contribution is 0.306. The highest BCUT2D eigenvalue weighted by atomic mass is 32.1. The van der Waals surface area contributed by atoms with Gasteiger partial charge in [0.15, 0.2) is 5.82 Å². The summed E-state index contributed by atoms with van der Waals surface area (Å²) in [6, 6.07) is 16.1. The number of aryl methyl sites for hydroxylation is 2. The number of ether oxygens (including phenoxy) is 1. The summed E-state index contributed by atoms with van der Waals surface area (Å²) in [7, 11) is 0. The number of para-hydroxylation sites is 1. The van der Waals surface area contributed by atoms with Crippen LogP contribution in [0, 0.1) is 0 Å². The molecule has 2 aromatic heterocycles. The normalized spacial score (nSPS) is 11.2. The Labute approximate surface area is 156 Å². The highest BCUT2D eigenvalue weighted by Crippen LogP contribution is 2.23. The van der Waals surface area contributed by atoms with Crippen LogP contribution in [0.25, 0.3) is 15.9 Å². The molecule has 26 heavy (non-hydrogen) atoms. The Balaban J connectivity index is 1.48. The summed E-state index contributed by atoms with van der Waals surface area (Å²) >= 11 is 1.67. The van der Waals surface area contributed by atoms with Gasteiger partial charge in [0.2, 0.25) is 0 Å². The van der Waals surface area contributed by atoms with E-state index in [2.05, 4.69) is 35.0 Å². The smallest absolute Gasteiger partial charge is 0.151 e. The van der Waals surface area contributed by atoms with Crippen LogP contribution in [-0.4, -0.2) is 19.7 Å². The molecule has 0 atom stereocenters. The topological polar surface area (TPSA) is 52.8 Å². The van der Waals surface area contributed by atoms with Crippen LogP contribution in [0.3, 0.4) is 0 Å². The summed E-state index contributed by atoms with van der Waals surface area (Å²) < 4.78 is 9.00. The molecule has 4 aromatic rings. The van der Waals surface area contributed by atoms with E-state index in [9.17, 15) is 0 Å². The molecule has 2 aromatic carbocycles. The Bertz CT molecular complexity index is 987. The zero-order valence-corrected chi connectivity index (χ0v) is 15.7. The fourth-order valence-corrected chi connectivity index (χ4v) is 3.67. The summed E-state index contributed by atoms with van der Waals surface area (Å²) in [5.41, 5.74) is 2.03. The zero-order chi connectivity index (χ0) is 17.9. The van der Waals surface area contributed by atoms with Gasteiger partial charge in [0, 0.05) is 12.8 Å². The standard InChI is InChI=1S/C20H20N4OS/c1-3-18-22-19(4-2)24(23-18)14-9-11-15(12-10-14)25-13-20-21-16-7-5-6-8-17(16)26-20/h5-12H,3-4,13H2,1-2H3. The lowest BCUT2D eigenvalue weighted by Crippen LogP contribution is -2.02. The molecule has 0 amide bonds. The molecule has 4 rings (SSSR count). The van der Waals surface area contributed by atoms with Crippen molar-refractivity contribution >= 4 is 21.6 Å². The number of aromatic nitrogens is 4. The molecule has 0 saturated carbocycles. The number of nitrogens with zero attached hydrogens (tertiary/aromatic N) is 4. The average Bonchev–Trinajstić information content (AvgIpc) is 3.30. The number of rotatable bonds is 6. The van der Waals surface area contributed by atoms with Crippen LogP contribution in [0.4, 0.5) is 0 Å². The summed E-state index contributed by atoms with van der Waals surface area (Å²) in [6.07, 6.45) is 1.69. The molecular formula is C20H20N4OS. The fraction of sp³-hybridized carbons (Fsp3) is 0.250. The van der Waals surface area contributed by atoms with Gasteiger partial charge in [-0.2, -0.15) is 5.10 Å². The highest BCUT2D eigenvalue weighted by molar-refractivity contribution is 7.18. The molecule has 0 radical (unpaired) electrons. The first-order valence-electron chi connectivity index (χ1n) is 8.79. The van der Waals surface area contributed by atoms with Gasteiger partial charge in [0.25, 0.3) is 0 Å². The van der Waals surface area contributed by atoms with Crippen molar-refractivity contribution < 1.29 is 4.74 Å². The van der Waals surface area contributed by atoms with Gasteiger partial charge >= 0.3 is 0 Å². The lowest BCUT2D eigenvalue weighted by atomic mass is 10.3. The van der Waals surface area contributed by atoms with Crippen molar-refractivity contribution in [3.8, 4) is 11.4 Å². The minimum absolute atomic E-state index is 0.474. The van der Waals surface area contributed by atoms with E-state index in [0.717, 1.165) is 46.5 Å². The van der Waals surface area contributed by atoms with Crippen LogP contribution in [0.15, 0.2) is 48.5 Å². The Morgan fingerprint density at radius 2 is 1.77 bits per heavy atom. The van der Waals surface area contributed by atoms with Crippen molar-refractivity contribution in [2.45, 2.75) is 33.3 Å². The molecular weight excluding hydrogens is 344 g/mol. The third-order valence-corrected chi connectivity index (χ3v) is 5.14. The Kier molecular flexibility index (Phi) is 4.67. The van der Waals surface area contributed by atoms with Gasteiger partial charge in [-0.15, -0.1) is 11.3 Å². The van der Waals surface area contributed by atoms with Gasteiger partial charge in [-0.25, -0.2) is 14.6 Å². The molecule has 0 N–H and O–H groups in total. The van der Waals surface area contributed by atoms with E-state index < -0.39 is 0 Å². The van der Waals surface area contributed by atoms with Gasteiger partial charge in [-0.3, -0.25) is 0 Å². The fourth-order valence-electron chi connectivity index (χ4n) is 2.79. The average molecular weight is 364 g/mol. The van der Waals surface area contributed by atoms with Crippen LogP contribution >= 0.6 is 11.3 Å². The van der Waals surface area contributed by atoms with Crippen LogP contribution < -0.4 is 4.74 Å². The molecule has 0 fully saturated rings. The largest absolute Gasteiger partial charge is 0.486 e. The third-order valence-electron chi connectivity index (χ3n) is 4.13. The molecule has 0 aliphatic heterocycles. The molecule has 0 saturated heterocycles. The highest BCUT2D eigenvalue weighted by Gasteiger charge is 2.09. The van der Waals surface area contributed by atoms with Gasteiger partial charge in [-0.1, -0.05) is 26.0 Å². The molecule has 2 heterocycles. The van der Waals surface area contributed by atoms with E-state index in [1.807, 2.05) is 47.1 Å². The van der Waals surface area contributed by atoms with Crippen LogP contribution in [0.1, 0.15) is 30.5 Å². The number of thiazole rings is 1. The Morgan fingerprint density at radius 3 is 2.50 bits per heavy atom. The summed E-state index contributed by atoms with van der Waals surface area (Å²) in [4.78, 5) is 9.16. The van der Waals surface area contributed by atoms with Gasteiger partial charge in [0.1, 0.15) is 23.2 Å². The van der Waals surface area contributed by atoms with E-state index in [4.69, 9.17) is 4.74 Å². The van der Waals surface area contributed by atoms with Crippen LogP contribution in [0.2, 0.25) is 0 Å². The third kappa shape index (κ3) is 3.32. The molecule has 0 aliphatic rings. The first-order chi connectivity index (χ1) is 12.8. The maximum atomic E-state index is 5.90. The molecule has 0 bridgehead atoms. The second kappa shape index (κ2) is 7.25. The van der Waals surface area contributed by atoms with Crippen molar-refractivity contribution in [3.63, 3.8) is 0 Å². The first kappa shape index (κ1) is 16.7. The van der Waals surface area contributed by atoms with E-state index in [-0.39, 0.29) is 0 Å². The van der Waals surface area contributed by atoms with E-state index >= 15 is 0 Å². The number of hydrogen-bond donors (Lipinski definition) is 0. The van der Waals surface area contributed by atoms with Crippen molar-refractivity contribution in [1.29, 1.82) is 0 Å². The van der Waals surface area contributed by atoms with Crippen LogP contribution in [0.5, 0.6) is 5.75 Å². The van der Waals surface area contributed by atoms with Gasteiger partial charge < -0.3 is 4.74 Å². The second-order valence-corrected chi connectivity index (χ2v) is 7.04. The maximum absolute atomic E-state index is 5.90. The molecule has 0 unspecified atom stereocenters. The maximum Gasteiger partial charge on any atom is 0.151 e. The summed E-state index contributed by atoms with van der Waals surface area (Å²) in [6.45, 7) is 4.63. The second-order valence-electron chi connectivity index (χ2n) is 5.92. The van der Waals surface area contributed by atoms with Crippen molar-refractivity contribution in [1.82, 2.24) is 19.7 Å². The van der Waals surface area contributed by atoms with Crippen LogP contribution in [-0.2, 0) is 19.4 Å². The molecule has 0 spiro atoms. The minimum atomic E-state index is 0.474. The number of hydrogen-bond acceptors (Lipinski definition) is 5. The first-order valence-corrected chi connectivity index (χ1v) is 9.61. The van der Waals surface area contributed by atoms with E-state index in [1.54, 1.807) is 11.3 Å². The number of benzene rings is 2. The molecule has 5 nitrogen and oxygen atoms in total. The zero-order valence-electron chi connectivity index (χ0n) is 14.8. The summed E-state index contributed by atoms with van der Waals surface area (Å²) in [5.74, 6) is 2.67. The minimum Gasteiger partial charge on any atom is -0.486 e. The predicted molar refractivity (Wildman–Crippen MR) is 104 cm³/mol. The monoisotopic (exact) mass is 364 g/mol. The SMILES string of the molecule is CCc1nc(CC)n(-c2ccc(OCc3nc4ccccc4s3)cc2)n1. The number of fused-ring (bicyclic) bond motifs is 1. The van der Waals surface area contributed by atoms with E-state index in [1.165, 1.54) is 4.70 Å². The van der Waals surface area contributed by atoms with Crippen molar-refractivity contribution in [3.05, 3.63) is 65.2 Å². The Morgan fingerprint density at radius 1 is 0.962 bits per heavy atom. The lowest BCUT2D eigenvalue weighted by Gasteiger charge is -2.07. The van der Waals surface area contributed by atoms with Crippen molar-refractivity contribution in [2.75, 3.05) is 0 Å². The Hall–Kier alpha value is -2.73. The van der Waals surface area contributed by atoms with Crippen molar-refractivity contribution in [2.24, 2.45) is 0 Å². The molecule has 132 valence electrons. The summed E-state index contributed by atoms with van der Waals surface area (Å²) in [5, 5.41) is 5.55. The molecule has 6 heteroatoms.